The summed E-state index contributed by atoms with van der Waals surface area (Å²) in [4.78, 5) is 11.5. The molecular weight excluding hydrogens is 243 g/mol. The molecule has 0 N–H and O–H groups in total. The molecule has 0 fully saturated rings. The molecule has 1 aromatic heterocycles. The number of hydrogen-bond acceptors (Lipinski definition) is 2. The molecule has 96 valence electrons. The molecule has 0 bridgehead atoms. The number of aromatic nitrogens is 1. The Labute approximate surface area is 110 Å². The van der Waals surface area contributed by atoms with Gasteiger partial charge in [0.1, 0.15) is 11.9 Å². The summed E-state index contributed by atoms with van der Waals surface area (Å²) in [6, 6.07) is 8.00. The highest BCUT2D eigenvalue weighted by atomic mass is 19.1. The van der Waals surface area contributed by atoms with Gasteiger partial charge in [-0.1, -0.05) is 0 Å². The average Bonchev–Trinajstić information content (AvgIpc) is 2.65. The normalized spacial score (nSPS) is 10.3. The quantitative estimate of drug-likeness (QED) is 0.774. The highest BCUT2D eigenvalue weighted by Crippen LogP contribution is 2.22. The van der Waals surface area contributed by atoms with E-state index in [-0.39, 0.29) is 11.3 Å². The molecule has 0 aliphatic rings. The van der Waals surface area contributed by atoms with Gasteiger partial charge in [-0.25, -0.2) is 4.39 Å². The van der Waals surface area contributed by atoms with Gasteiger partial charge in [0.2, 0.25) is 0 Å². The predicted octanol–water partition coefficient (Wildman–Crippen LogP) is 3.31. The van der Waals surface area contributed by atoms with Gasteiger partial charge < -0.3 is 4.57 Å². The molecule has 2 rings (SSSR count). The van der Waals surface area contributed by atoms with Gasteiger partial charge in [0.15, 0.2) is 5.78 Å². The van der Waals surface area contributed by atoms with Crippen molar-refractivity contribution in [3.63, 3.8) is 0 Å². The second-order valence-electron chi connectivity index (χ2n) is 4.45. The van der Waals surface area contributed by atoms with E-state index in [0.717, 1.165) is 11.4 Å². The largest absolute Gasteiger partial charge is 0.318 e. The lowest BCUT2D eigenvalue weighted by molar-refractivity contribution is 0.101. The molecular formula is C15H13FN2O. The number of ketones is 1. The van der Waals surface area contributed by atoms with Crippen molar-refractivity contribution in [1.82, 2.24) is 4.57 Å². The standard InChI is InChI=1S/C15H13FN2O/c1-9-6-14(11(3)19)10(2)18(9)13-5-4-12(8-17)15(16)7-13/h4-7H,1-3H3. The number of benzene rings is 1. The number of nitriles is 1. The van der Waals surface area contributed by atoms with E-state index in [9.17, 15) is 9.18 Å². The molecule has 1 heterocycles. The van der Waals surface area contributed by atoms with Crippen LogP contribution >= 0.6 is 0 Å². The van der Waals surface area contributed by atoms with E-state index in [1.807, 2.05) is 13.8 Å². The first-order valence-electron chi connectivity index (χ1n) is 5.85. The molecule has 19 heavy (non-hydrogen) atoms. The molecule has 0 atom stereocenters. The topological polar surface area (TPSA) is 45.8 Å². The Morgan fingerprint density at radius 1 is 1.32 bits per heavy atom. The average molecular weight is 256 g/mol. The summed E-state index contributed by atoms with van der Waals surface area (Å²) in [7, 11) is 0. The van der Waals surface area contributed by atoms with E-state index in [1.54, 1.807) is 22.8 Å². The lowest BCUT2D eigenvalue weighted by atomic mass is 10.2. The maximum Gasteiger partial charge on any atom is 0.161 e. The molecule has 0 saturated heterocycles. The van der Waals surface area contributed by atoms with Crippen molar-refractivity contribution in [2.45, 2.75) is 20.8 Å². The third kappa shape index (κ3) is 2.15. The van der Waals surface area contributed by atoms with Crippen LogP contribution in [0.2, 0.25) is 0 Å². The van der Waals surface area contributed by atoms with Crippen LogP contribution in [0.4, 0.5) is 4.39 Å². The second kappa shape index (κ2) is 4.69. The first-order chi connectivity index (χ1) is 8.95. The van der Waals surface area contributed by atoms with Crippen LogP contribution in [0.25, 0.3) is 5.69 Å². The van der Waals surface area contributed by atoms with Crippen LogP contribution in [0, 0.1) is 31.0 Å². The number of carbonyl (C=O) groups is 1. The van der Waals surface area contributed by atoms with Crippen LogP contribution in [-0.4, -0.2) is 10.4 Å². The molecule has 0 aliphatic carbocycles. The van der Waals surface area contributed by atoms with Crippen LogP contribution in [0.5, 0.6) is 0 Å². The molecule has 0 saturated carbocycles. The van der Waals surface area contributed by atoms with Gasteiger partial charge in [-0.15, -0.1) is 0 Å². The Kier molecular flexibility index (Phi) is 3.22. The van der Waals surface area contributed by atoms with Crippen molar-refractivity contribution in [3.8, 4) is 11.8 Å². The first-order valence-corrected chi connectivity index (χ1v) is 5.85. The molecule has 2 aromatic rings. The smallest absolute Gasteiger partial charge is 0.161 e. The molecule has 0 amide bonds. The zero-order chi connectivity index (χ0) is 14.2. The van der Waals surface area contributed by atoms with E-state index >= 15 is 0 Å². The molecule has 4 heteroatoms. The minimum atomic E-state index is -0.558. The van der Waals surface area contributed by atoms with Gasteiger partial charge in [0, 0.05) is 22.6 Å². The first kappa shape index (κ1) is 13.0. The van der Waals surface area contributed by atoms with Crippen molar-refractivity contribution < 1.29 is 9.18 Å². The van der Waals surface area contributed by atoms with Crippen LogP contribution in [0.15, 0.2) is 24.3 Å². The van der Waals surface area contributed by atoms with Crippen molar-refractivity contribution >= 4 is 5.78 Å². The number of halogens is 1. The number of Topliss-reactive ketones (excluding diaryl/α,β-unsaturated/α-hetero) is 1. The zero-order valence-electron chi connectivity index (χ0n) is 11.0. The highest BCUT2D eigenvalue weighted by molar-refractivity contribution is 5.95. The van der Waals surface area contributed by atoms with E-state index in [2.05, 4.69) is 0 Å². The second-order valence-corrected chi connectivity index (χ2v) is 4.45. The fourth-order valence-electron chi connectivity index (χ4n) is 2.25. The zero-order valence-corrected chi connectivity index (χ0v) is 11.0. The lowest BCUT2D eigenvalue weighted by Crippen LogP contribution is -2.02. The number of rotatable bonds is 2. The Balaban J connectivity index is 2.63. The molecule has 0 aliphatic heterocycles. The maximum absolute atomic E-state index is 13.7. The van der Waals surface area contributed by atoms with Gasteiger partial charge in [0.05, 0.1) is 5.56 Å². The SMILES string of the molecule is CC(=O)c1cc(C)n(-c2ccc(C#N)c(F)c2)c1C. The van der Waals surface area contributed by atoms with Crippen molar-refractivity contribution in [3.05, 3.63) is 52.6 Å². The summed E-state index contributed by atoms with van der Waals surface area (Å²) >= 11 is 0. The van der Waals surface area contributed by atoms with Gasteiger partial charge in [0.25, 0.3) is 0 Å². The molecule has 0 spiro atoms. The monoisotopic (exact) mass is 256 g/mol. The summed E-state index contributed by atoms with van der Waals surface area (Å²) in [5, 5.41) is 8.72. The van der Waals surface area contributed by atoms with E-state index in [0.29, 0.717) is 11.3 Å². The Morgan fingerprint density at radius 2 is 2.00 bits per heavy atom. The number of hydrogen-bond donors (Lipinski definition) is 0. The predicted molar refractivity (Wildman–Crippen MR) is 69.9 cm³/mol. The maximum atomic E-state index is 13.7. The third-order valence-electron chi connectivity index (χ3n) is 3.14. The number of aryl methyl sites for hydroxylation is 1. The minimum Gasteiger partial charge on any atom is -0.318 e. The molecule has 1 aromatic carbocycles. The van der Waals surface area contributed by atoms with E-state index in [4.69, 9.17) is 5.26 Å². The minimum absolute atomic E-state index is 0.0120. The lowest BCUT2D eigenvalue weighted by Gasteiger charge is -2.10. The molecule has 0 unspecified atom stereocenters. The van der Waals surface area contributed by atoms with Crippen LogP contribution in [-0.2, 0) is 0 Å². The third-order valence-corrected chi connectivity index (χ3v) is 3.14. The van der Waals surface area contributed by atoms with Gasteiger partial charge in [-0.2, -0.15) is 5.26 Å². The van der Waals surface area contributed by atoms with Gasteiger partial charge >= 0.3 is 0 Å². The molecule has 3 nitrogen and oxygen atoms in total. The summed E-state index contributed by atoms with van der Waals surface area (Å²) < 4.78 is 15.5. The van der Waals surface area contributed by atoms with E-state index in [1.165, 1.54) is 19.1 Å². The van der Waals surface area contributed by atoms with Gasteiger partial charge in [-0.05, 0) is 45.0 Å². The summed E-state index contributed by atoms with van der Waals surface area (Å²) in [6.07, 6.45) is 0. The van der Waals surface area contributed by atoms with Gasteiger partial charge in [-0.3, -0.25) is 4.79 Å². The highest BCUT2D eigenvalue weighted by Gasteiger charge is 2.14. The fraction of sp³-hybridized carbons (Fsp3) is 0.200. The van der Waals surface area contributed by atoms with Crippen LogP contribution < -0.4 is 0 Å². The Hall–Kier alpha value is -2.41. The Morgan fingerprint density at radius 3 is 2.47 bits per heavy atom. The number of nitrogens with zero attached hydrogens (tertiary/aromatic N) is 2. The molecule has 0 radical (unpaired) electrons. The Bertz CT molecular complexity index is 708. The summed E-state index contributed by atoms with van der Waals surface area (Å²) in [6.45, 7) is 5.18. The summed E-state index contributed by atoms with van der Waals surface area (Å²) in [5.74, 6) is -0.578. The van der Waals surface area contributed by atoms with Crippen LogP contribution in [0.1, 0.15) is 34.2 Å². The summed E-state index contributed by atoms with van der Waals surface area (Å²) in [5.41, 5.74) is 2.88. The number of carbonyl (C=O) groups excluding carboxylic acids is 1. The van der Waals surface area contributed by atoms with Crippen molar-refractivity contribution in [2.75, 3.05) is 0 Å². The van der Waals surface area contributed by atoms with Crippen molar-refractivity contribution in [2.24, 2.45) is 0 Å². The van der Waals surface area contributed by atoms with Crippen LogP contribution in [0.3, 0.4) is 0 Å². The van der Waals surface area contributed by atoms with E-state index < -0.39 is 5.82 Å². The van der Waals surface area contributed by atoms with Crippen molar-refractivity contribution in [1.29, 1.82) is 5.26 Å². The fourth-order valence-corrected chi connectivity index (χ4v) is 2.25.